The Morgan fingerprint density at radius 1 is 1.07 bits per heavy atom. The van der Waals surface area contributed by atoms with Gasteiger partial charge in [-0.05, 0) is 73.6 Å². The Labute approximate surface area is 254 Å². The molecule has 1 fully saturated rings. The molecular weight excluding hydrogens is 580 g/mol. The molecule has 12 heteroatoms. The second-order valence-electron chi connectivity index (χ2n) is 11.3. The van der Waals surface area contributed by atoms with Gasteiger partial charge in [0.15, 0.2) is 0 Å². The molecule has 1 aliphatic rings. The molecule has 3 rings (SSSR count). The summed E-state index contributed by atoms with van der Waals surface area (Å²) < 4.78 is 35.5. The summed E-state index contributed by atoms with van der Waals surface area (Å²) in [5, 5.41) is 5.79. The SMILES string of the molecule is CCCCC1CC(NC(=O)NC(CC(C)C)C(=O)OCl)CCN1Cc1ccc(Oc2ccc(NS(C)(=O)=O)cc2)cc1. The Balaban J connectivity index is 1.56. The smallest absolute Gasteiger partial charge is 0.346 e. The number of sulfonamides is 1. The van der Waals surface area contributed by atoms with Crippen LogP contribution in [0.25, 0.3) is 0 Å². The Morgan fingerprint density at radius 3 is 2.29 bits per heavy atom. The van der Waals surface area contributed by atoms with Crippen molar-refractivity contribution in [2.45, 2.75) is 84.0 Å². The average Bonchev–Trinajstić information content (AvgIpc) is 2.93. The van der Waals surface area contributed by atoms with Crippen molar-refractivity contribution in [1.29, 1.82) is 0 Å². The van der Waals surface area contributed by atoms with Crippen LogP contribution in [-0.2, 0) is 25.7 Å². The summed E-state index contributed by atoms with van der Waals surface area (Å²) in [6.45, 7) is 7.73. The van der Waals surface area contributed by atoms with Crippen LogP contribution in [0.3, 0.4) is 0 Å². The van der Waals surface area contributed by atoms with Gasteiger partial charge in [-0.3, -0.25) is 9.62 Å². The number of nitrogens with zero attached hydrogens (tertiary/aromatic N) is 1. The summed E-state index contributed by atoms with van der Waals surface area (Å²) in [6, 6.07) is 13.8. The minimum atomic E-state index is -3.33. The molecule has 2 aromatic rings. The predicted octanol–water partition coefficient (Wildman–Crippen LogP) is 5.78. The number of hydrogen-bond acceptors (Lipinski definition) is 7. The number of halogens is 1. The molecule has 3 atom stereocenters. The molecule has 3 unspecified atom stereocenters. The van der Waals surface area contributed by atoms with Crippen LogP contribution < -0.4 is 20.1 Å². The van der Waals surface area contributed by atoms with E-state index in [0.717, 1.165) is 57.0 Å². The molecule has 0 saturated carbocycles. The first-order valence-electron chi connectivity index (χ1n) is 14.4. The lowest BCUT2D eigenvalue weighted by molar-refractivity contribution is -0.136. The van der Waals surface area contributed by atoms with E-state index in [2.05, 4.69) is 43.6 Å². The minimum absolute atomic E-state index is 0.00428. The number of amides is 2. The van der Waals surface area contributed by atoms with E-state index in [1.165, 1.54) is 0 Å². The summed E-state index contributed by atoms with van der Waals surface area (Å²) in [6.07, 6.45) is 6.41. The molecule has 0 radical (unpaired) electrons. The van der Waals surface area contributed by atoms with Gasteiger partial charge in [0, 0.05) is 30.9 Å². The lowest BCUT2D eigenvalue weighted by Crippen LogP contribution is -2.54. The van der Waals surface area contributed by atoms with Crippen molar-refractivity contribution in [3.63, 3.8) is 0 Å². The molecule has 42 heavy (non-hydrogen) atoms. The number of ether oxygens (including phenoxy) is 1. The molecule has 3 N–H and O–H groups in total. The molecule has 1 aliphatic heterocycles. The third-order valence-corrected chi connectivity index (χ3v) is 7.90. The summed E-state index contributed by atoms with van der Waals surface area (Å²) in [4.78, 5) is 27.2. The normalized spacial score (nSPS) is 18.2. The van der Waals surface area contributed by atoms with Gasteiger partial charge in [-0.15, -0.1) is 0 Å². The molecule has 1 saturated heterocycles. The zero-order valence-electron chi connectivity index (χ0n) is 24.8. The summed E-state index contributed by atoms with van der Waals surface area (Å²) in [5.41, 5.74) is 1.64. The number of piperidine rings is 1. The van der Waals surface area contributed by atoms with Crippen molar-refractivity contribution in [3.8, 4) is 11.5 Å². The Kier molecular flexibility index (Phi) is 12.8. The molecule has 232 valence electrons. The fourth-order valence-electron chi connectivity index (χ4n) is 5.14. The third kappa shape index (κ3) is 11.3. The summed E-state index contributed by atoms with van der Waals surface area (Å²) in [7, 11) is -3.33. The van der Waals surface area contributed by atoms with E-state index in [1.807, 2.05) is 26.0 Å². The maximum Gasteiger partial charge on any atom is 0.346 e. The maximum absolute atomic E-state index is 12.7. The number of likely N-dealkylation sites (tertiary alicyclic amines) is 1. The van der Waals surface area contributed by atoms with Gasteiger partial charge in [-0.2, -0.15) is 0 Å². The predicted molar refractivity (Wildman–Crippen MR) is 165 cm³/mol. The van der Waals surface area contributed by atoms with Gasteiger partial charge in [0.05, 0.1) is 6.26 Å². The summed E-state index contributed by atoms with van der Waals surface area (Å²) in [5.74, 6) is 0.821. The van der Waals surface area contributed by atoms with Gasteiger partial charge < -0.3 is 19.7 Å². The van der Waals surface area contributed by atoms with Crippen molar-refractivity contribution in [1.82, 2.24) is 15.5 Å². The molecule has 0 bridgehead atoms. The van der Waals surface area contributed by atoms with Gasteiger partial charge >= 0.3 is 12.0 Å². The summed E-state index contributed by atoms with van der Waals surface area (Å²) >= 11 is 5.27. The Hall–Kier alpha value is -3.02. The standard InChI is InChI=1S/C30H43ClN4O6S/c1-5-6-7-25-19-24(32-30(37)33-28(18-21(2)3)29(36)41-31)16-17-35(25)20-22-8-12-26(13-9-22)40-27-14-10-23(11-15-27)34-42(4,38)39/h8-15,21,24-25,28,34H,5-7,16-20H2,1-4H3,(H2,32,33,37). The monoisotopic (exact) mass is 622 g/mol. The van der Waals surface area contributed by atoms with Crippen LogP contribution in [0.2, 0.25) is 0 Å². The molecule has 0 aromatic heterocycles. The van der Waals surface area contributed by atoms with Crippen molar-refractivity contribution in [2.24, 2.45) is 5.92 Å². The minimum Gasteiger partial charge on any atom is -0.457 e. The third-order valence-electron chi connectivity index (χ3n) is 7.14. The van der Waals surface area contributed by atoms with Crippen molar-refractivity contribution >= 4 is 39.6 Å². The van der Waals surface area contributed by atoms with Gasteiger partial charge in [0.25, 0.3) is 0 Å². The van der Waals surface area contributed by atoms with Crippen molar-refractivity contribution < 1.29 is 27.0 Å². The highest BCUT2D eigenvalue weighted by Gasteiger charge is 2.30. The number of rotatable bonds is 14. The number of hydrogen-bond donors (Lipinski definition) is 3. The van der Waals surface area contributed by atoms with Crippen LogP contribution >= 0.6 is 11.9 Å². The number of anilines is 1. The topological polar surface area (TPSA) is 126 Å². The second kappa shape index (κ2) is 16.0. The fourth-order valence-corrected chi connectivity index (χ4v) is 5.81. The maximum atomic E-state index is 12.7. The van der Waals surface area contributed by atoms with Crippen LogP contribution in [0.1, 0.15) is 64.9 Å². The van der Waals surface area contributed by atoms with Crippen LogP contribution in [-0.4, -0.2) is 56.2 Å². The van der Waals surface area contributed by atoms with Crippen molar-refractivity contribution in [2.75, 3.05) is 17.5 Å². The van der Waals surface area contributed by atoms with Gasteiger partial charge in [0.2, 0.25) is 10.0 Å². The highest BCUT2D eigenvalue weighted by molar-refractivity contribution is 7.92. The van der Waals surface area contributed by atoms with E-state index in [1.54, 1.807) is 24.3 Å². The van der Waals surface area contributed by atoms with E-state index in [4.69, 9.17) is 16.6 Å². The number of urea groups is 1. The van der Waals surface area contributed by atoms with Gasteiger partial charge in [-0.25, -0.2) is 18.0 Å². The first-order chi connectivity index (χ1) is 20.0. The van der Waals surface area contributed by atoms with Crippen molar-refractivity contribution in [3.05, 3.63) is 54.1 Å². The van der Waals surface area contributed by atoms with E-state index in [-0.39, 0.29) is 18.0 Å². The first-order valence-corrected chi connectivity index (χ1v) is 16.6. The zero-order chi connectivity index (χ0) is 30.7. The van der Waals surface area contributed by atoms with Crippen LogP contribution in [0.4, 0.5) is 10.5 Å². The molecule has 0 spiro atoms. The van der Waals surface area contributed by atoms with E-state index < -0.39 is 22.0 Å². The highest BCUT2D eigenvalue weighted by Crippen LogP contribution is 2.27. The zero-order valence-corrected chi connectivity index (χ0v) is 26.3. The quantitative estimate of drug-likeness (QED) is 0.244. The molecule has 0 aliphatic carbocycles. The highest BCUT2D eigenvalue weighted by atomic mass is 35.5. The van der Waals surface area contributed by atoms with Crippen LogP contribution in [0, 0.1) is 5.92 Å². The largest absolute Gasteiger partial charge is 0.457 e. The molecule has 2 amide bonds. The van der Waals surface area contributed by atoms with E-state index in [0.29, 0.717) is 29.6 Å². The van der Waals surface area contributed by atoms with E-state index in [9.17, 15) is 18.0 Å². The molecule has 2 aromatic carbocycles. The van der Waals surface area contributed by atoms with E-state index >= 15 is 0 Å². The van der Waals surface area contributed by atoms with Crippen LogP contribution in [0.15, 0.2) is 48.5 Å². The lowest BCUT2D eigenvalue weighted by atomic mass is 9.93. The second-order valence-corrected chi connectivity index (χ2v) is 13.2. The lowest BCUT2D eigenvalue weighted by Gasteiger charge is -2.40. The van der Waals surface area contributed by atoms with Crippen LogP contribution in [0.5, 0.6) is 11.5 Å². The first kappa shape index (κ1) is 33.5. The Morgan fingerprint density at radius 2 is 1.71 bits per heavy atom. The van der Waals surface area contributed by atoms with Gasteiger partial charge in [-0.1, -0.05) is 45.7 Å². The Bertz CT molecular complexity index is 1260. The fraction of sp³-hybridized carbons (Fsp3) is 0.533. The number of unbranched alkanes of at least 4 members (excludes halogenated alkanes) is 1. The number of nitrogens with one attached hydrogen (secondary N) is 3. The van der Waals surface area contributed by atoms with Gasteiger partial charge in [0.1, 0.15) is 29.4 Å². The number of carbonyl (C=O) groups is 2. The molecular formula is C30H43ClN4O6S. The molecule has 10 nitrogen and oxygen atoms in total. The number of carbonyl (C=O) groups excluding carboxylic acids is 2. The number of benzene rings is 2. The average molecular weight is 623 g/mol. The molecule has 1 heterocycles.